The second-order valence-electron chi connectivity index (χ2n) is 5.56. The van der Waals surface area contributed by atoms with Gasteiger partial charge < -0.3 is 5.32 Å². The number of rotatable bonds is 1. The second kappa shape index (κ2) is 3.49. The molecule has 0 aromatic carbocycles. The summed E-state index contributed by atoms with van der Waals surface area (Å²) in [5.74, 6) is 0. The Bertz CT molecular complexity index is 199. The van der Waals surface area contributed by atoms with Crippen LogP contribution in [0.25, 0.3) is 0 Å². The van der Waals surface area contributed by atoms with E-state index >= 15 is 0 Å². The minimum atomic E-state index is 0.714. The molecule has 2 heterocycles. The largest absolute Gasteiger partial charge is 0.317 e. The standard InChI is InChI=1S/C12H22N2/c1-4-12(5-7-13-8-6-12)10-14(9-1)11-2-3-11/h11,13H,1-10H2. The Morgan fingerprint density at radius 3 is 2.57 bits per heavy atom. The molecule has 2 saturated heterocycles. The topological polar surface area (TPSA) is 15.3 Å². The SMILES string of the molecule is C1CN(C2CC2)CC2(C1)CCNCC2. The molecule has 3 fully saturated rings. The lowest BCUT2D eigenvalue weighted by Gasteiger charge is -2.45. The van der Waals surface area contributed by atoms with E-state index in [1.165, 1.54) is 64.7 Å². The molecular weight excluding hydrogens is 172 g/mol. The van der Waals surface area contributed by atoms with Crippen LogP contribution in [0.5, 0.6) is 0 Å². The maximum absolute atomic E-state index is 3.50. The lowest BCUT2D eigenvalue weighted by atomic mass is 9.73. The molecule has 0 aromatic rings. The molecule has 3 aliphatic rings. The van der Waals surface area contributed by atoms with Gasteiger partial charge in [0, 0.05) is 12.6 Å². The van der Waals surface area contributed by atoms with Crippen molar-refractivity contribution in [1.29, 1.82) is 0 Å². The molecule has 0 radical (unpaired) electrons. The lowest BCUT2D eigenvalue weighted by molar-refractivity contribution is 0.0548. The first kappa shape index (κ1) is 9.17. The molecule has 0 unspecified atom stereocenters. The fourth-order valence-electron chi connectivity index (χ4n) is 3.36. The van der Waals surface area contributed by atoms with Gasteiger partial charge in [-0.3, -0.25) is 4.90 Å². The Balaban J connectivity index is 1.66. The summed E-state index contributed by atoms with van der Waals surface area (Å²) < 4.78 is 0. The fraction of sp³-hybridized carbons (Fsp3) is 1.00. The first-order valence-electron chi connectivity index (χ1n) is 6.33. The van der Waals surface area contributed by atoms with Crippen molar-refractivity contribution in [3.05, 3.63) is 0 Å². The summed E-state index contributed by atoms with van der Waals surface area (Å²) >= 11 is 0. The predicted octanol–water partition coefficient (Wildman–Crippen LogP) is 1.61. The zero-order valence-electron chi connectivity index (χ0n) is 9.10. The summed E-state index contributed by atoms with van der Waals surface area (Å²) in [5, 5.41) is 3.50. The quantitative estimate of drug-likeness (QED) is 0.682. The zero-order valence-corrected chi connectivity index (χ0v) is 9.10. The Morgan fingerprint density at radius 2 is 1.86 bits per heavy atom. The van der Waals surface area contributed by atoms with Crippen molar-refractivity contribution >= 4 is 0 Å². The van der Waals surface area contributed by atoms with Crippen LogP contribution in [0.2, 0.25) is 0 Å². The maximum atomic E-state index is 3.50. The normalized spacial score (nSPS) is 33.4. The van der Waals surface area contributed by atoms with E-state index in [4.69, 9.17) is 0 Å². The number of nitrogens with zero attached hydrogens (tertiary/aromatic N) is 1. The average molecular weight is 194 g/mol. The molecule has 2 aliphatic heterocycles. The average Bonchev–Trinajstić information content (AvgIpc) is 3.02. The smallest absolute Gasteiger partial charge is 0.00966 e. The highest BCUT2D eigenvalue weighted by Gasteiger charge is 2.40. The Hall–Kier alpha value is -0.0800. The van der Waals surface area contributed by atoms with E-state index in [2.05, 4.69) is 10.2 Å². The molecule has 0 aromatic heterocycles. The second-order valence-corrected chi connectivity index (χ2v) is 5.56. The van der Waals surface area contributed by atoms with Crippen molar-refractivity contribution in [3.8, 4) is 0 Å². The summed E-state index contributed by atoms with van der Waals surface area (Å²) in [6.45, 7) is 5.33. The molecule has 14 heavy (non-hydrogen) atoms. The summed E-state index contributed by atoms with van der Waals surface area (Å²) in [5.41, 5.74) is 0.714. The molecule has 0 atom stereocenters. The van der Waals surface area contributed by atoms with E-state index < -0.39 is 0 Å². The van der Waals surface area contributed by atoms with Crippen LogP contribution in [0.1, 0.15) is 38.5 Å². The molecule has 1 N–H and O–H groups in total. The van der Waals surface area contributed by atoms with Crippen molar-refractivity contribution in [2.24, 2.45) is 5.41 Å². The summed E-state index contributed by atoms with van der Waals surface area (Å²) in [6, 6.07) is 0.988. The van der Waals surface area contributed by atoms with Crippen LogP contribution in [0.15, 0.2) is 0 Å². The number of hydrogen-bond donors (Lipinski definition) is 1. The lowest BCUT2D eigenvalue weighted by Crippen LogP contribution is -2.49. The third kappa shape index (κ3) is 1.70. The number of likely N-dealkylation sites (tertiary alicyclic amines) is 1. The maximum Gasteiger partial charge on any atom is 0.00966 e. The molecule has 1 spiro atoms. The van der Waals surface area contributed by atoms with Crippen LogP contribution >= 0.6 is 0 Å². The minimum Gasteiger partial charge on any atom is -0.317 e. The van der Waals surface area contributed by atoms with Gasteiger partial charge in [0.2, 0.25) is 0 Å². The van der Waals surface area contributed by atoms with Crippen LogP contribution in [-0.4, -0.2) is 37.1 Å². The summed E-state index contributed by atoms with van der Waals surface area (Å²) in [4.78, 5) is 2.79. The number of hydrogen-bond acceptors (Lipinski definition) is 2. The monoisotopic (exact) mass is 194 g/mol. The van der Waals surface area contributed by atoms with Crippen molar-refractivity contribution in [2.45, 2.75) is 44.6 Å². The zero-order chi connectivity index (χ0) is 9.43. The molecule has 1 aliphatic carbocycles. The molecular formula is C12H22N2. The van der Waals surface area contributed by atoms with E-state index in [1.807, 2.05) is 0 Å². The van der Waals surface area contributed by atoms with Gasteiger partial charge in [0.05, 0.1) is 0 Å². The van der Waals surface area contributed by atoms with Crippen molar-refractivity contribution < 1.29 is 0 Å². The van der Waals surface area contributed by atoms with Gasteiger partial charge in [-0.2, -0.15) is 0 Å². The van der Waals surface area contributed by atoms with Gasteiger partial charge >= 0.3 is 0 Å². The molecule has 1 saturated carbocycles. The van der Waals surface area contributed by atoms with Crippen molar-refractivity contribution in [3.63, 3.8) is 0 Å². The Kier molecular flexibility index (Phi) is 2.29. The first-order chi connectivity index (χ1) is 6.88. The van der Waals surface area contributed by atoms with E-state index in [1.54, 1.807) is 0 Å². The molecule has 0 bridgehead atoms. The van der Waals surface area contributed by atoms with Gasteiger partial charge in [-0.05, 0) is 63.6 Å². The third-order valence-electron chi connectivity index (χ3n) is 4.42. The Morgan fingerprint density at radius 1 is 1.07 bits per heavy atom. The highest BCUT2D eigenvalue weighted by atomic mass is 15.2. The summed E-state index contributed by atoms with van der Waals surface area (Å²) in [7, 11) is 0. The first-order valence-corrected chi connectivity index (χ1v) is 6.33. The summed E-state index contributed by atoms with van der Waals surface area (Å²) in [6.07, 6.45) is 8.77. The van der Waals surface area contributed by atoms with Crippen LogP contribution in [0, 0.1) is 5.41 Å². The van der Waals surface area contributed by atoms with E-state index in [0.29, 0.717) is 5.41 Å². The molecule has 2 nitrogen and oxygen atoms in total. The van der Waals surface area contributed by atoms with E-state index in [0.717, 1.165) is 6.04 Å². The highest BCUT2D eigenvalue weighted by Crippen LogP contribution is 2.41. The van der Waals surface area contributed by atoms with E-state index in [-0.39, 0.29) is 0 Å². The predicted molar refractivity (Wildman–Crippen MR) is 58.4 cm³/mol. The molecule has 3 rings (SSSR count). The van der Waals surface area contributed by atoms with E-state index in [9.17, 15) is 0 Å². The van der Waals surface area contributed by atoms with Crippen LogP contribution in [0.4, 0.5) is 0 Å². The van der Waals surface area contributed by atoms with Gasteiger partial charge in [0.15, 0.2) is 0 Å². The highest BCUT2D eigenvalue weighted by molar-refractivity contribution is 4.95. The molecule has 0 amide bonds. The van der Waals surface area contributed by atoms with Gasteiger partial charge in [-0.1, -0.05) is 0 Å². The fourth-order valence-corrected chi connectivity index (χ4v) is 3.36. The molecule has 2 heteroatoms. The molecule has 80 valence electrons. The third-order valence-corrected chi connectivity index (χ3v) is 4.42. The number of piperidine rings is 2. The Labute approximate surface area is 87.0 Å². The van der Waals surface area contributed by atoms with Crippen LogP contribution in [0.3, 0.4) is 0 Å². The van der Waals surface area contributed by atoms with Gasteiger partial charge in [-0.15, -0.1) is 0 Å². The van der Waals surface area contributed by atoms with Crippen LogP contribution in [-0.2, 0) is 0 Å². The minimum absolute atomic E-state index is 0.714. The van der Waals surface area contributed by atoms with Crippen LogP contribution < -0.4 is 5.32 Å². The van der Waals surface area contributed by atoms with Gasteiger partial charge in [0.1, 0.15) is 0 Å². The van der Waals surface area contributed by atoms with Gasteiger partial charge in [-0.25, -0.2) is 0 Å². The number of nitrogens with one attached hydrogen (secondary N) is 1. The van der Waals surface area contributed by atoms with Crippen molar-refractivity contribution in [1.82, 2.24) is 10.2 Å². The van der Waals surface area contributed by atoms with Crippen molar-refractivity contribution in [2.75, 3.05) is 26.2 Å². The van der Waals surface area contributed by atoms with Gasteiger partial charge in [0.25, 0.3) is 0 Å².